The molecular formula is C29H30BrF2N5O4S2. The second kappa shape index (κ2) is 13.1. The average molecular weight is 695 g/mol. The molecule has 0 amide bonds. The molecule has 1 atom stereocenters. The molecule has 228 valence electrons. The molecular weight excluding hydrogens is 664 g/mol. The highest BCUT2D eigenvalue weighted by atomic mass is 79.9. The second-order valence-electron chi connectivity index (χ2n) is 10.0. The van der Waals surface area contributed by atoms with E-state index in [2.05, 4.69) is 42.3 Å². The Balaban J connectivity index is 1.45. The maximum absolute atomic E-state index is 16.0. The molecule has 0 spiro atoms. The number of aromatic nitrogens is 2. The predicted molar refractivity (Wildman–Crippen MR) is 165 cm³/mol. The van der Waals surface area contributed by atoms with E-state index < -0.39 is 26.6 Å². The van der Waals surface area contributed by atoms with Crippen molar-refractivity contribution in [3.8, 4) is 11.5 Å². The molecule has 14 heteroatoms. The van der Waals surface area contributed by atoms with Crippen molar-refractivity contribution in [3.05, 3.63) is 88.2 Å². The van der Waals surface area contributed by atoms with Gasteiger partial charge in [-0.15, -0.1) is 0 Å². The van der Waals surface area contributed by atoms with Crippen LogP contribution in [0.2, 0.25) is 0 Å². The van der Waals surface area contributed by atoms with Crippen molar-refractivity contribution >= 4 is 48.3 Å². The Labute approximate surface area is 262 Å². The number of rotatable bonds is 11. The minimum Gasteiger partial charge on any atom is -0.497 e. The average Bonchev–Trinajstić information content (AvgIpc) is 3.70. The number of hydrogen-bond acceptors (Lipinski definition) is 9. The van der Waals surface area contributed by atoms with Gasteiger partial charge in [0.2, 0.25) is 5.13 Å². The molecule has 1 fully saturated rings. The second-order valence-corrected chi connectivity index (χ2v) is 13.4. The Morgan fingerprint density at radius 2 is 1.88 bits per heavy atom. The summed E-state index contributed by atoms with van der Waals surface area (Å²) in [5, 5.41) is -0.0570. The molecule has 4 aromatic rings. The zero-order valence-corrected chi connectivity index (χ0v) is 26.9. The lowest BCUT2D eigenvalue weighted by Gasteiger charge is -2.29. The molecule has 1 aliphatic rings. The number of nitrogens with zero attached hydrogens (tertiary/aromatic N) is 5. The smallest absolute Gasteiger partial charge is 0.272 e. The summed E-state index contributed by atoms with van der Waals surface area (Å²) < 4.78 is 75.0. The van der Waals surface area contributed by atoms with Gasteiger partial charge in [0.15, 0.2) is 10.7 Å². The molecule has 3 aromatic carbocycles. The monoisotopic (exact) mass is 693 g/mol. The lowest BCUT2D eigenvalue weighted by Crippen LogP contribution is -2.35. The van der Waals surface area contributed by atoms with Crippen molar-refractivity contribution in [1.82, 2.24) is 14.3 Å². The summed E-state index contributed by atoms with van der Waals surface area (Å²) in [4.78, 5) is 7.02. The van der Waals surface area contributed by atoms with E-state index in [1.165, 1.54) is 26.1 Å². The van der Waals surface area contributed by atoms with Crippen molar-refractivity contribution in [2.24, 2.45) is 0 Å². The van der Waals surface area contributed by atoms with E-state index in [1.807, 2.05) is 18.2 Å². The van der Waals surface area contributed by atoms with Gasteiger partial charge in [-0.05, 0) is 46.1 Å². The van der Waals surface area contributed by atoms with Gasteiger partial charge in [0.25, 0.3) is 10.0 Å². The highest BCUT2D eigenvalue weighted by molar-refractivity contribution is 9.10. The van der Waals surface area contributed by atoms with Crippen LogP contribution in [0.3, 0.4) is 0 Å². The van der Waals surface area contributed by atoms with Gasteiger partial charge in [0.1, 0.15) is 23.6 Å². The van der Waals surface area contributed by atoms with Gasteiger partial charge in [0, 0.05) is 55.9 Å². The number of benzene rings is 3. The molecule has 1 aromatic heterocycles. The Bertz CT molecular complexity index is 1680. The molecule has 2 heterocycles. The molecule has 0 aliphatic carbocycles. The Morgan fingerprint density at radius 1 is 1.12 bits per heavy atom. The number of methoxy groups -OCH3 is 2. The number of ether oxygens (including phenoxy) is 2. The van der Waals surface area contributed by atoms with E-state index in [1.54, 1.807) is 30.1 Å². The maximum Gasteiger partial charge on any atom is 0.272 e. The van der Waals surface area contributed by atoms with Crippen molar-refractivity contribution in [2.75, 3.05) is 43.6 Å². The Hall–Kier alpha value is -3.33. The molecule has 1 aliphatic heterocycles. The molecule has 9 nitrogen and oxygen atoms in total. The van der Waals surface area contributed by atoms with E-state index in [0.717, 1.165) is 41.4 Å². The highest BCUT2D eigenvalue weighted by Crippen LogP contribution is 2.39. The summed E-state index contributed by atoms with van der Waals surface area (Å²) >= 11 is 4.02. The topological polar surface area (TPSA) is 88.1 Å². The Morgan fingerprint density at radius 3 is 2.56 bits per heavy atom. The summed E-state index contributed by atoms with van der Waals surface area (Å²) in [6.07, 6.45) is 1.96. The minimum absolute atomic E-state index is 0.0262. The standard InChI is InChI=1S/C29H30BrF2N5O4S2/c1-35(21-11-12-36(17-21)15-19-7-5-4-6-8-19)24-14-23(31)28(27(32)26(24)30)43(38,39)37(29-33-18-34-42-29)16-20-9-10-22(40-2)13-25(20)41-3/h4-10,13-14,18,21H,11-12,15-17H2,1-3H3/t21-/m0/s1. The van der Waals surface area contributed by atoms with Gasteiger partial charge >= 0.3 is 0 Å². The number of halogens is 3. The largest absolute Gasteiger partial charge is 0.497 e. The first-order valence-electron chi connectivity index (χ1n) is 13.3. The minimum atomic E-state index is -4.80. The van der Waals surface area contributed by atoms with Gasteiger partial charge in [-0.25, -0.2) is 26.5 Å². The van der Waals surface area contributed by atoms with Gasteiger partial charge in [-0.3, -0.25) is 4.90 Å². The number of likely N-dealkylation sites (N-methyl/N-ethyl adjacent to an activating group) is 1. The summed E-state index contributed by atoms with van der Waals surface area (Å²) in [5.74, 6) is -1.60. The summed E-state index contributed by atoms with van der Waals surface area (Å²) in [5.41, 5.74) is 1.84. The van der Waals surface area contributed by atoms with E-state index >= 15 is 8.78 Å². The molecule has 0 unspecified atom stereocenters. The van der Waals surface area contributed by atoms with Crippen LogP contribution < -0.4 is 18.7 Å². The molecule has 1 saturated heterocycles. The number of sulfonamides is 1. The van der Waals surface area contributed by atoms with Crippen molar-refractivity contribution in [1.29, 1.82) is 0 Å². The van der Waals surface area contributed by atoms with Gasteiger partial charge < -0.3 is 14.4 Å². The quantitative estimate of drug-likeness (QED) is 0.185. The van der Waals surface area contributed by atoms with Crippen LogP contribution in [0.5, 0.6) is 11.5 Å². The highest BCUT2D eigenvalue weighted by Gasteiger charge is 2.37. The first kappa shape index (κ1) is 31.1. The van der Waals surface area contributed by atoms with Crippen LogP contribution in [0, 0.1) is 11.6 Å². The van der Waals surface area contributed by atoms with Gasteiger partial charge in [-0.2, -0.15) is 4.37 Å². The van der Waals surface area contributed by atoms with Crippen LogP contribution in [0.15, 0.2) is 70.3 Å². The number of likely N-dealkylation sites (tertiary alicyclic amines) is 1. The summed E-state index contributed by atoms with van der Waals surface area (Å²) in [7, 11) is -0.127. The molecule has 0 bridgehead atoms. The van der Waals surface area contributed by atoms with Crippen LogP contribution in [-0.2, 0) is 23.1 Å². The van der Waals surface area contributed by atoms with Crippen LogP contribution in [0.25, 0.3) is 0 Å². The fraction of sp³-hybridized carbons (Fsp3) is 0.310. The lowest BCUT2D eigenvalue weighted by molar-refractivity contribution is 0.326. The van der Waals surface area contributed by atoms with E-state index in [-0.39, 0.29) is 27.9 Å². The van der Waals surface area contributed by atoms with Gasteiger partial charge in [-0.1, -0.05) is 30.3 Å². The van der Waals surface area contributed by atoms with E-state index in [0.29, 0.717) is 23.6 Å². The molecule has 0 N–H and O–H groups in total. The third-order valence-electron chi connectivity index (χ3n) is 7.44. The Kier molecular flexibility index (Phi) is 9.49. The third kappa shape index (κ3) is 6.47. The molecule has 0 saturated carbocycles. The molecule has 5 rings (SSSR count). The normalized spacial score (nSPS) is 15.4. The molecule has 43 heavy (non-hydrogen) atoms. The van der Waals surface area contributed by atoms with Crippen molar-refractivity contribution in [3.63, 3.8) is 0 Å². The number of hydrogen-bond donors (Lipinski definition) is 0. The maximum atomic E-state index is 16.0. The van der Waals surface area contributed by atoms with Crippen LogP contribution >= 0.6 is 27.5 Å². The van der Waals surface area contributed by atoms with E-state index in [9.17, 15) is 8.42 Å². The zero-order chi connectivity index (χ0) is 30.7. The van der Waals surface area contributed by atoms with E-state index in [4.69, 9.17) is 9.47 Å². The predicted octanol–water partition coefficient (Wildman–Crippen LogP) is 5.70. The lowest BCUT2D eigenvalue weighted by atomic mass is 10.2. The van der Waals surface area contributed by atoms with Crippen LogP contribution in [0.1, 0.15) is 17.5 Å². The van der Waals surface area contributed by atoms with Crippen LogP contribution in [-0.4, -0.2) is 63.1 Å². The number of anilines is 2. The summed E-state index contributed by atoms with van der Waals surface area (Å²) in [6.45, 7) is 1.97. The fourth-order valence-corrected chi connectivity index (χ4v) is 8.12. The first-order valence-corrected chi connectivity index (χ1v) is 16.3. The van der Waals surface area contributed by atoms with Gasteiger partial charge in [0.05, 0.1) is 30.9 Å². The summed E-state index contributed by atoms with van der Waals surface area (Å²) in [6, 6.07) is 16.0. The molecule has 0 radical (unpaired) electrons. The first-order chi connectivity index (χ1) is 20.6. The van der Waals surface area contributed by atoms with Crippen molar-refractivity contribution in [2.45, 2.75) is 30.4 Å². The third-order valence-corrected chi connectivity index (χ3v) is 10.8. The fourth-order valence-electron chi connectivity index (χ4n) is 5.15. The van der Waals surface area contributed by atoms with Crippen LogP contribution in [0.4, 0.5) is 19.6 Å². The van der Waals surface area contributed by atoms with Crippen molar-refractivity contribution < 1.29 is 26.7 Å². The zero-order valence-electron chi connectivity index (χ0n) is 23.7. The SMILES string of the molecule is COc1ccc(CN(c2ncns2)S(=O)(=O)c2c(F)cc(N(C)[C@H]3CCN(Cc4ccccc4)C3)c(Br)c2F)c(OC)c1.